The van der Waals surface area contributed by atoms with Crippen molar-refractivity contribution in [3.8, 4) is 0 Å². The molecule has 0 bridgehead atoms. The van der Waals surface area contributed by atoms with Crippen LogP contribution in [0.25, 0.3) is 0 Å². The third-order valence-corrected chi connectivity index (χ3v) is 1.80. The maximum Gasteiger partial charge on any atom is 0.354 e. The first-order chi connectivity index (χ1) is 6.74. The summed E-state index contributed by atoms with van der Waals surface area (Å²) in [6, 6.07) is 4.93. The van der Waals surface area contributed by atoms with E-state index in [1.54, 1.807) is 12.1 Å². The number of carboxylic acids is 1. The van der Waals surface area contributed by atoms with Crippen LogP contribution in [-0.4, -0.2) is 22.6 Å². The quantitative estimate of drug-likeness (QED) is 0.704. The Kier molecular flexibility index (Phi) is 3.91. The topological polar surface area (TPSA) is 62.2 Å². The van der Waals surface area contributed by atoms with E-state index in [0.29, 0.717) is 5.82 Å². The van der Waals surface area contributed by atoms with Gasteiger partial charge in [0.1, 0.15) is 5.82 Å². The van der Waals surface area contributed by atoms with Crippen molar-refractivity contribution >= 4 is 11.8 Å². The van der Waals surface area contributed by atoms with Crippen molar-refractivity contribution in [3.63, 3.8) is 0 Å². The molecule has 0 aliphatic rings. The molecule has 0 aromatic carbocycles. The SMILES string of the molecule is CCCCNc1cccc(C(=O)O)n1. The van der Waals surface area contributed by atoms with Crippen LogP contribution < -0.4 is 5.32 Å². The first-order valence-corrected chi connectivity index (χ1v) is 4.68. The largest absolute Gasteiger partial charge is 0.477 e. The van der Waals surface area contributed by atoms with E-state index < -0.39 is 5.97 Å². The van der Waals surface area contributed by atoms with E-state index in [9.17, 15) is 4.79 Å². The fourth-order valence-electron chi connectivity index (χ4n) is 1.05. The highest BCUT2D eigenvalue weighted by Crippen LogP contribution is 2.04. The number of aromatic nitrogens is 1. The van der Waals surface area contributed by atoms with Gasteiger partial charge >= 0.3 is 5.97 Å². The number of unbranched alkanes of at least 4 members (excludes halogenated alkanes) is 1. The lowest BCUT2D eigenvalue weighted by atomic mass is 10.3. The van der Waals surface area contributed by atoms with Crippen molar-refractivity contribution in [2.24, 2.45) is 0 Å². The van der Waals surface area contributed by atoms with Gasteiger partial charge in [-0.2, -0.15) is 0 Å². The third-order valence-electron chi connectivity index (χ3n) is 1.80. The number of rotatable bonds is 5. The highest BCUT2D eigenvalue weighted by Gasteiger charge is 2.03. The van der Waals surface area contributed by atoms with Gasteiger partial charge < -0.3 is 10.4 Å². The van der Waals surface area contributed by atoms with Gasteiger partial charge in [0.05, 0.1) is 0 Å². The molecule has 4 nitrogen and oxygen atoms in total. The van der Waals surface area contributed by atoms with Gasteiger partial charge in [-0.25, -0.2) is 9.78 Å². The van der Waals surface area contributed by atoms with Crippen LogP contribution in [0.5, 0.6) is 0 Å². The van der Waals surface area contributed by atoms with Gasteiger partial charge in [0.2, 0.25) is 0 Å². The van der Waals surface area contributed by atoms with Crippen LogP contribution in [0.2, 0.25) is 0 Å². The van der Waals surface area contributed by atoms with Crippen molar-refractivity contribution in [1.82, 2.24) is 4.98 Å². The molecular formula is C10H14N2O2. The van der Waals surface area contributed by atoms with E-state index >= 15 is 0 Å². The Bertz CT molecular complexity index is 313. The Hall–Kier alpha value is -1.58. The summed E-state index contributed by atoms with van der Waals surface area (Å²) < 4.78 is 0. The molecule has 0 radical (unpaired) electrons. The number of nitrogens with one attached hydrogen (secondary N) is 1. The third kappa shape index (κ3) is 3.05. The highest BCUT2D eigenvalue weighted by atomic mass is 16.4. The van der Waals surface area contributed by atoms with E-state index in [-0.39, 0.29) is 5.69 Å². The molecule has 2 N–H and O–H groups in total. The van der Waals surface area contributed by atoms with E-state index in [0.717, 1.165) is 19.4 Å². The van der Waals surface area contributed by atoms with Crippen molar-refractivity contribution < 1.29 is 9.90 Å². The Balaban J connectivity index is 2.59. The molecule has 0 saturated carbocycles. The fraction of sp³-hybridized carbons (Fsp3) is 0.400. The number of aromatic carboxylic acids is 1. The van der Waals surface area contributed by atoms with Gasteiger partial charge in [0, 0.05) is 6.54 Å². The standard InChI is InChI=1S/C10H14N2O2/c1-2-3-7-11-9-6-4-5-8(12-9)10(13)14/h4-6H,2-3,7H2,1H3,(H,11,12)(H,13,14). The summed E-state index contributed by atoms with van der Waals surface area (Å²) in [5, 5.41) is 11.8. The molecule has 0 saturated heterocycles. The van der Waals surface area contributed by atoms with Crippen LogP contribution >= 0.6 is 0 Å². The van der Waals surface area contributed by atoms with Gasteiger partial charge in [-0.05, 0) is 18.6 Å². The van der Waals surface area contributed by atoms with Crippen LogP contribution in [0.15, 0.2) is 18.2 Å². The summed E-state index contributed by atoms with van der Waals surface area (Å²) in [5.41, 5.74) is 0.0755. The number of nitrogens with zero attached hydrogens (tertiary/aromatic N) is 1. The fourth-order valence-corrected chi connectivity index (χ4v) is 1.05. The van der Waals surface area contributed by atoms with Gasteiger partial charge in [0.15, 0.2) is 5.69 Å². The van der Waals surface area contributed by atoms with Crippen molar-refractivity contribution in [2.45, 2.75) is 19.8 Å². The normalized spacial score (nSPS) is 9.79. The zero-order chi connectivity index (χ0) is 10.4. The number of anilines is 1. The van der Waals surface area contributed by atoms with Crippen LogP contribution in [0.3, 0.4) is 0 Å². The van der Waals surface area contributed by atoms with Crippen molar-refractivity contribution in [3.05, 3.63) is 23.9 Å². The first-order valence-electron chi connectivity index (χ1n) is 4.68. The number of carbonyl (C=O) groups is 1. The second-order valence-electron chi connectivity index (χ2n) is 2.99. The summed E-state index contributed by atoms with van der Waals surface area (Å²) in [5.74, 6) is -0.373. The molecule has 1 heterocycles. The second kappa shape index (κ2) is 5.21. The molecule has 0 aliphatic carbocycles. The first kappa shape index (κ1) is 10.5. The maximum atomic E-state index is 10.6. The minimum Gasteiger partial charge on any atom is -0.477 e. The highest BCUT2D eigenvalue weighted by molar-refractivity contribution is 5.85. The lowest BCUT2D eigenvalue weighted by Crippen LogP contribution is -2.06. The summed E-state index contributed by atoms with van der Waals surface area (Å²) in [6.45, 7) is 2.93. The predicted octanol–water partition coefficient (Wildman–Crippen LogP) is 1.99. The lowest BCUT2D eigenvalue weighted by molar-refractivity contribution is 0.0690. The van der Waals surface area contributed by atoms with Crippen LogP contribution in [0.4, 0.5) is 5.82 Å². The van der Waals surface area contributed by atoms with Gasteiger partial charge in [-0.1, -0.05) is 19.4 Å². The molecule has 0 unspecified atom stereocenters. The predicted molar refractivity (Wildman–Crippen MR) is 54.6 cm³/mol. The molecular weight excluding hydrogens is 180 g/mol. The average molecular weight is 194 g/mol. The molecule has 0 fully saturated rings. The number of hydrogen-bond donors (Lipinski definition) is 2. The van der Waals surface area contributed by atoms with E-state index in [1.807, 2.05) is 0 Å². The molecule has 0 atom stereocenters. The molecule has 1 aromatic heterocycles. The minimum absolute atomic E-state index is 0.0755. The Labute approximate surface area is 83.0 Å². The summed E-state index contributed by atoms with van der Waals surface area (Å²) >= 11 is 0. The van der Waals surface area contributed by atoms with Crippen LogP contribution in [0, 0.1) is 0 Å². The Morgan fingerprint density at radius 3 is 3.00 bits per heavy atom. The smallest absolute Gasteiger partial charge is 0.354 e. The zero-order valence-corrected chi connectivity index (χ0v) is 8.16. The van der Waals surface area contributed by atoms with Gasteiger partial charge in [0.25, 0.3) is 0 Å². The van der Waals surface area contributed by atoms with E-state index in [4.69, 9.17) is 5.11 Å². The molecule has 0 aliphatic heterocycles. The second-order valence-corrected chi connectivity index (χ2v) is 2.99. The molecule has 1 aromatic rings. The molecule has 1 rings (SSSR count). The summed E-state index contributed by atoms with van der Waals surface area (Å²) in [6.07, 6.45) is 2.16. The summed E-state index contributed by atoms with van der Waals surface area (Å²) in [4.78, 5) is 14.5. The summed E-state index contributed by atoms with van der Waals surface area (Å²) in [7, 11) is 0. The maximum absolute atomic E-state index is 10.6. The molecule has 14 heavy (non-hydrogen) atoms. The Morgan fingerprint density at radius 1 is 1.57 bits per heavy atom. The molecule has 0 spiro atoms. The number of carboxylic acid groups (broad SMARTS) is 1. The van der Waals surface area contributed by atoms with Crippen molar-refractivity contribution in [1.29, 1.82) is 0 Å². The van der Waals surface area contributed by atoms with Gasteiger partial charge in [-0.15, -0.1) is 0 Å². The lowest BCUT2D eigenvalue weighted by Gasteiger charge is -2.04. The van der Waals surface area contributed by atoms with Crippen LogP contribution in [-0.2, 0) is 0 Å². The van der Waals surface area contributed by atoms with Crippen LogP contribution in [0.1, 0.15) is 30.3 Å². The number of hydrogen-bond acceptors (Lipinski definition) is 3. The monoisotopic (exact) mass is 194 g/mol. The number of pyridine rings is 1. The Morgan fingerprint density at radius 2 is 2.36 bits per heavy atom. The molecule has 0 amide bonds. The molecule has 76 valence electrons. The molecule has 4 heteroatoms. The van der Waals surface area contributed by atoms with E-state index in [2.05, 4.69) is 17.2 Å². The van der Waals surface area contributed by atoms with Crippen molar-refractivity contribution in [2.75, 3.05) is 11.9 Å². The van der Waals surface area contributed by atoms with Gasteiger partial charge in [-0.3, -0.25) is 0 Å². The zero-order valence-electron chi connectivity index (χ0n) is 8.16. The van der Waals surface area contributed by atoms with E-state index in [1.165, 1.54) is 6.07 Å². The average Bonchev–Trinajstić information content (AvgIpc) is 2.19. The minimum atomic E-state index is -0.996.